The normalized spacial score (nSPS) is 17.3. The maximum absolute atomic E-state index is 12.6. The number of benzene rings is 1. The number of likely N-dealkylation sites (tertiary alicyclic amines) is 1. The van der Waals surface area contributed by atoms with Crippen LogP contribution in [-0.2, 0) is 11.3 Å². The van der Waals surface area contributed by atoms with Gasteiger partial charge in [0.15, 0.2) is 0 Å². The molecule has 1 fully saturated rings. The summed E-state index contributed by atoms with van der Waals surface area (Å²) in [5, 5.41) is 10.4. The van der Waals surface area contributed by atoms with E-state index in [0.29, 0.717) is 12.6 Å². The second-order valence-corrected chi connectivity index (χ2v) is 7.94. The number of carbonyl (C=O) groups excluding carboxylic acids is 1. The molecule has 0 bridgehead atoms. The molecule has 3 heterocycles. The Balaban J connectivity index is 1.37. The quantitative estimate of drug-likeness (QED) is 0.711. The van der Waals surface area contributed by atoms with E-state index in [9.17, 15) is 4.79 Å². The van der Waals surface area contributed by atoms with Crippen molar-refractivity contribution in [1.29, 1.82) is 0 Å². The fraction of sp³-hybridized carbons (Fsp3) is 0.350. The van der Waals surface area contributed by atoms with E-state index < -0.39 is 0 Å². The Morgan fingerprint density at radius 1 is 1.37 bits per heavy atom. The number of anilines is 1. The van der Waals surface area contributed by atoms with E-state index in [0.717, 1.165) is 47.9 Å². The molecule has 1 amide bonds. The number of hydrogen-bond acceptors (Lipinski definition) is 5. The van der Waals surface area contributed by atoms with Crippen molar-refractivity contribution in [2.45, 2.75) is 32.4 Å². The van der Waals surface area contributed by atoms with Crippen LogP contribution >= 0.6 is 11.3 Å². The third-order valence-electron chi connectivity index (χ3n) is 4.86. The molecule has 1 aromatic carbocycles. The Kier molecular flexibility index (Phi) is 5.31. The van der Waals surface area contributed by atoms with E-state index in [1.54, 1.807) is 17.5 Å². The van der Waals surface area contributed by atoms with Gasteiger partial charge in [-0.1, -0.05) is 12.1 Å². The number of rotatable bonds is 6. The van der Waals surface area contributed by atoms with Crippen LogP contribution in [0.2, 0.25) is 0 Å². The van der Waals surface area contributed by atoms with Gasteiger partial charge >= 0.3 is 0 Å². The highest BCUT2D eigenvalue weighted by Gasteiger charge is 2.26. The maximum atomic E-state index is 12.6. The van der Waals surface area contributed by atoms with Gasteiger partial charge in [0, 0.05) is 35.1 Å². The number of nitrogens with one attached hydrogen (secondary N) is 1. The van der Waals surface area contributed by atoms with Gasteiger partial charge in [-0.25, -0.2) is 4.98 Å². The first kappa shape index (κ1) is 17.9. The lowest BCUT2D eigenvalue weighted by atomic mass is 10.1. The molecule has 1 N–H and O–H groups in total. The van der Waals surface area contributed by atoms with E-state index in [4.69, 9.17) is 0 Å². The second kappa shape index (κ2) is 8.02. The first-order valence-electron chi connectivity index (χ1n) is 9.21. The largest absolute Gasteiger partial charge is 0.325 e. The molecule has 0 saturated carbocycles. The highest BCUT2D eigenvalue weighted by Crippen LogP contribution is 2.24. The summed E-state index contributed by atoms with van der Waals surface area (Å²) in [6, 6.07) is 10.2. The van der Waals surface area contributed by atoms with Gasteiger partial charge < -0.3 is 5.32 Å². The number of thiazole rings is 1. The third-order valence-corrected chi connectivity index (χ3v) is 5.64. The molecular formula is C20H23N5OS. The Labute approximate surface area is 162 Å². The molecule has 140 valence electrons. The maximum Gasteiger partial charge on any atom is 0.238 e. The Morgan fingerprint density at radius 3 is 3.07 bits per heavy atom. The zero-order valence-corrected chi connectivity index (χ0v) is 16.2. The monoisotopic (exact) mass is 381 g/mol. The summed E-state index contributed by atoms with van der Waals surface area (Å²) < 4.78 is 1.94. The van der Waals surface area contributed by atoms with E-state index in [-0.39, 0.29) is 5.91 Å². The average Bonchev–Trinajstić information content (AvgIpc) is 3.39. The van der Waals surface area contributed by atoms with Crippen LogP contribution in [0.15, 0.2) is 48.1 Å². The fourth-order valence-corrected chi connectivity index (χ4v) is 4.19. The second-order valence-electron chi connectivity index (χ2n) is 6.88. The summed E-state index contributed by atoms with van der Waals surface area (Å²) in [7, 11) is 0. The number of carbonyl (C=O) groups is 1. The molecule has 1 aliphatic heterocycles. The summed E-state index contributed by atoms with van der Waals surface area (Å²) in [6.45, 7) is 4.19. The standard InChI is InChI=1S/C20H23N5OS/c1-15-22-19(14-27-15)16-5-2-6-17(11-16)23-20(26)13-24-9-3-7-18(24)12-25-10-4-8-21-25/h2,4-6,8,10-11,14,18H,3,7,9,12-13H2,1H3,(H,23,26). The molecule has 6 nitrogen and oxygen atoms in total. The lowest BCUT2D eigenvalue weighted by molar-refractivity contribution is -0.117. The van der Waals surface area contributed by atoms with Gasteiger partial charge in [-0.15, -0.1) is 11.3 Å². The summed E-state index contributed by atoms with van der Waals surface area (Å²) in [5.74, 6) is 0.0222. The Bertz CT molecular complexity index is 905. The van der Waals surface area contributed by atoms with Crippen molar-refractivity contribution >= 4 is 22.9 Å². The number of hydrogen-bond donors (Lipinski definition) is 1. The van der Waals surface area contributed by atoms with Crippen molar-refractivity contribution in [3.05, 3.63) is 53.1 Å². The molecule has 3 aromatic rings. The SMILES string of the molecule is Cc1nc(-c2cccc(NC(=O)CN3CCCC3Cn3cccn3)c2)cs1. The van der Waals surface area contributed by atoms with E-state index in [1.807, 2.05) is 53.5 Å². The van der Waals surface area contributed by atoms with Crippen molar-refractivity contribution in [2.24, 2.45) is 0 Å². The fourth-order valence-electron chi connectivity index (χ4n) is 3.57. The molecular weight excluding hydrogens is 358 g/mol. The van der Waals surface area contributed by atoms with Gasteiger partial charge in [0.05, 0.1) is 23.8 Å². The molecule has 2 aromatic heterocycles. The van der Waals surface area contributed by atoms with Crippen LogP contribution in [0.4, 0.5) is 5.69 Å². The van der Waals surface area contributed by atoms with Crippen LogP contribution in [0.3, 0.4) is 0 Å². The van der Waals surface area contributed by atoms with Gasteiger partial charge in [0.2, 0.25) is 5.91 Å². The Morgan fingerprint density at radius 2 is 2.30 bits per heavy atom. The molecule has 1 unspecified atom stereocenters. The zero-order chi connectivity index (χ0) is 18.6. The summed E-state index contributed by atoms with van der Waals surface area (Å²) in [5.41, 5.74) is 2.79. The van der Waals surface area contributed by atoms with Gasteiger partial charge in [0.25, 0.3) is 0 Å². The molecule has 1 saturated heterocycles. The van der Waals surface area contributed by atoms with Crippen molar-refractivity contribution < 1.29 is 4.79 Å². The summed E-state index contributed by atoms with van der Waals surface area (Å²) >= 11 is 1.63. The first-order chi connectivity index (χ1) is 13.2. The Hall–Kier alpha value is -2.51. The molecule has 0 radical (unpaired) electrons. The number of aryl methyl sites for hydroxylation is 1. The minimum Gasteiger partial charge on any atom is -0.325 e. The zero-order valence-electron chi connectivity index (χ0n) is 15.3. The van der Waals surface area contributed by atoms with Crippen molar-refractivity contribution in [3.8, 4) is 11.3 Å². The molecule has 0 aliphatic carbocycles. The van der Waals surface area contributed by atoms with Gasteiger partial charge in [-0.05, 0) is 44.5 Å². The molecule has 27 heavy (non-hydrogen) atoms. The highest BCUT2D eigenvalue weighted by atomic mass is 32.1. The molecule has 1 aliphatic rings. The van der Waals surface area contributed by atoms with Crippen LogP contribution in [0.1, 0.15) is 17.8 Å². The van der Waals surface area contributed by atoms with E-state index in [1.165, 1.54) is 0 Å². The van der Waals surface area contributed by atoms with Crippen LogP contribution in [-0.4, -0.2) is 44.7 Å². The predicted octanol–water partition coefficient (Wildman–Crippen LogP) is 3.42. The minimum atomic E-state index is 0.0222. The van der Waals surface area contributed by atoms with Crippen molar-refractivity contribution in [2.75, 3.05) is 18.4 Å². The minimum absolute atomic E-state index is 0.0222. The number of amides is 1. The van der Waals surface area contributed by atoms with Crippen molar-refractivity contribution in [3.63, 3.8) is 0 Å². The van der Waals surface area contributed by atoms with Crippen LogP contribution in [0.25, 0.3) is 11.3 Å². The topological polar surface area (TPSA) is 63.1 Å². The summed E-state index contributed by atoms with van der Waals surface area (Å²) in [6.07, 6.45) is 5.99. The van der Waals surface area contributed by atoms with E-state index in [2.05, 4.69) is 20.3 Å². The third kappa shape index (κ3) is 4.43. The van der Waals surface area contributed by atoms with Gasteiger partial charge in [-0.3, -0.25) is 14.4 Å². The average molecular weight is 382 g/mol. The smallest absolute Gasteiger partial charge is 0.238 e. The van der Waals surface area contributed by atoms with Crippen LogP contribution in [0.5, 0.6) is 0 Å². The van der Waals surface area contributed by atoms with Gasteiger partial charge in [0.1, 0.15) is 0 Å². The molecule has 4 rings (SSSR count). The number of nitrogens with zero attached hydrogens (tertiary/aromatic N) is 4. The molecule has 1 atom stereocenters. The van der Waals surface area contributed by atoms with Crippen LogP contribution < -0.4 is 5.32 Å². The van der Waals surface area contributed by atoms with Gasteiger partial charge in [-0.2, -0.15) is 5.10 Å². The van der Waals surface area contributed by atoms with E-state index >= 15 is 0 Å². The molecule has 0 spiro atoms. The lowest BCUT2D eigenvalue weighted by Crippen LogP contribution is -2.39. The molecule has 7 heteroatoms. The number of aromatic nitrogens is 3. The van der Waals surface area contributed by atoms with Crippen molar-refractivity contribution in [1.82, 2.24) is 19.7 Å². The van der Waals surface area contributed by atoms with Crippen LogP contribution in [0, 0.1) is 6.92 Å². The predicted molar refractivity (Wildman–Crippen MR) is 108 cm³/mol. The first-order valence-corrected chi connectivity index (χ1v) is 10.1. The lowest BCUT2D eigenvalue weighted by Gasteiger charge is -2.23. The summed E-state index contributed by atoms with van der Waals surface area (Å²) in [4.78, 5) is 19.4. The highest BCUT2D eigenvalue weighted by molar-refractivity contribution is 7.09.